The predicted octanol–water partition coefficient (Wildman–Crippen LogP) is 1.09. The first-order valence-corrected chi connectivity index (χ1v) is 5.74. The van der Waals surface area contributed by atoms with Crippen LogP contribution in [-0.4, -0.2) is 26.0 Å². The molecule has 0 bridgehead atoms. The Labute approximate surface area is 113 Å². The molecule has 0 unspecified atom stereocenters. The van der Waals surface area contributed by atoms with Crippen LogP contribution in [0.1, 0.15) is 10.5 Å². The van der Waals surface area contributed by atoms with Gasteiger partial charge in [-0.25, -0.2) is 9.31 Å². The zero-order valence-corrected chi connectivity index (χ0v) is 10.2. The van der Waals surface area contributed by atoms with Crippen molar-refractivity contribution in [1.82, 2.24) is 20.1 Å². The number of para-hydroxylation sites is 2. The van der Waals surface area contributed by atoms with Crippen molar-refractivity contribution in [3.8, 4) is 5.69 Å². The smallest absolute Gasteiger partial charge is 0.281 e. The average Bonchev–Trinajstić information content (AvgIpc) is 3.10. The van der Waals surface area contributed by atoms with Crippen molar-refractivity contribution >= 4 is 17.4 Å². The summed E-state index contributed by atoms with van der Waals surface area (Å²) < 4.78 is 6.04. The normalized spacial score (nSPS) is 10.4. The van der Waals surface area contributed by atoms with Crippen LogP contribution in [0.3, 0.4) is 0 Å². The van der Waals surface area contributed by atoms with Gasteiger partial charge in [0.15, 0.2) is 0 Å². The van der Waals surface area contributed by atoms with Gasteiger partial charge in [0, 0.05) is 12.4 Å². The Morgan fingerprint density at radius 2 is 2.10 bits per heavy atom. The van der Waals surface area contributed by atoms with Crippen molar-refractivity contribution in [2.75, 3.05) is 11.1 Å². The number of rotatable bonds is 3. The van der Waals surface area contributed by atoms with E-state index in [1.807, 2.05) is 12.1 Å². The van der Waals surface area contributed by atoms with Gasteiger partial charge in [0.05, 0.1) is 11.4 Å². The fourth-order valence-electron chi connectivity index (χ4n) is 1.72. The fourth-order valence-corrected chi connectivity index (χ4v) is 1.72. The highest BCUT2D eigenvalue weighted by atomic mass is 16.6. The molecule has 20 heavy (non-hydrogen) atoms. The zero-order valence-electron chi connectivity index (χ0n) is 10.2. The summed E-state index contributed by atoms with van der Waals surface area (Å²) in [6, 6.07) is 9.01. The number of carbonyl (C=O) groups is 1. The maximum atomic E-state index is 12.0. The molecule has 1 aromatic carbocycles. The number of benzene rings is 1. The van der Waals surface area contributed by atoms with Crippen molar-refractivity contribution in [3.05, 3.63) is 48.4 Å². The predicted molar refractivity (Wildman–Crippen MR) is 70.2 cm³/mol. The SMILES string of the molecule is Nc1nonc1C(=O)Nc1ccccc1-n1cccn1. The molecule has 100 valence electrons. The first-order chi connectivity index (χ1) is 9.75. The molecular formula is C12H10N6O2. The maximum absolute atomic E-state index is 12.0. The van der Waals surface area contributed by atoms with E-state index < -0.39 is 5.91 Å². The number of amides is 1. The van der Waals surface area contributed by atoms with Crippen molar-refractivity contribution in [3.63, 3.8) is 0 Å². The van der Waals surface area contributed by atoms with Crippen LogP contribution >= 0.6 is 0 Å². The summed E-state index contributed by atoms with van der Waals surface area (Å²) >= 11 is 0. The van der Waals surface area contributed by atoms with Crippen LogP contribution in [0.4, 0.5) is 11.5 Å². The van der Waals surface area contributed by atoms with Gasteiger partial charge in [-0.05, 0) is 28.5 Å². The van der Waals surface area contributed by atoms with Gasteiger partial charge in [-0.15, -0.1) is 0 Å². The van der Waals surface area contributed by atoms with E-state index in [1.54, 1.807) is 35.3 Å². The maximum Gasteiger partial charge on any atom is 0.281 e. The van der Waals surface area contributed by atoms with E-state index in [0.717, 1.165) is 5.69 Å². The third-order valence-electron chi connectivity index (χ3n) is 2.63. The Morgan fingerprint density at radius 1 is 1.25 bits per heavy atom. The van der Waals surface area contributed by atoms with Crippen molar-refractivity contribution in [2.24, 2.45) is 0 Å². The van der Waals surface area contributed by atoms with Gasteiger partial charge < -0.3 is 11.1 Å². The lowest BCUT2D eigenvalue weighted by Gasteiger charge is -2.09. The molecule has 0 aliphatic rings. The summed E-state index contributed by atoms with van der Waals surface area (Å²) in [5.74, 6) is -0.553. The van der Waals surface area contributed by atoms with Gasteiger partial charge in [-0.1, -0.05) is 12.1 Å². The second kappa shape index (κ2) is 4.84. The standard InChI is InChI=1S/C12H10N6O2/c13-11-10(16-20-17-11)12(19)15-8-4-1-2-5-9(8)18-7-3-6-14-18/h1-7H,(H2,13,17)(H,15,19). The molecule has 3 rings (SSSR count). The number of hydrogen-bond acceptors (Lipinski definition) is 6. The summed E-state index contributed by atoms with van der Waals surface area (Å²) in [6.45, 7) is 0. The molecule has 0 aliphatic carbocycles. The summed E-state index contributed by atoms with van der Waals surface area (Å²) in [5, 5.41) is 13.7. The number of nitrogens with two attached hydrogens (primary N) is 1. The summed E-state index contributed by atoms with van der Waals surface area (Å²) in [5.41, 5.74) is 6.72. The van der Waals surface area contributed by atoms with Crippen LogP contribution in [0.25, 0.3) is 5.69 Å². The summed E-state index contributed by atoms with van der Waals surface area (Å²) in [7, 11) is 0. The lowest BCUT2D eigenvalue weighted by molar-refractivity contribution is 0.101. The largest absolute Gasteiger partial charge is 0.379 e. The Bertz CT molecular complexity index is 734. The van der Waals surface area contributed by atoms with Gasteiger partial charge in [0.1, 0.15) is 0 Å². The van der Waals surface area contributed by atoms with Crippen LogP contribution < -0.4 is 11.1 Å². The minimum absolute atomic E-state index is 0.0553. The number of carbonyl (C=O) groups excluding carboxylic acids is 1. The minimum atomic E-state index is -0.497. The van der Waals surface area contributed by atoms with Gasteiger partial charge in [-0.2, -0.15) is 5.10 Å². The Hall–Kier alpha value is -3.16. The quantitative estimate of drug-likeness (QED) is 0.736. The van der Waals surface area contributed by atoms with E-state index in [4.69, 9.17) is 5.73 Å². The van der Waals surface area contributed by atoms with Crippen LogP contribution in [0, 0.1) is 0 Å². The van der Waals surface area contributed by atoms with E-state index >= 15 is 0 Å². The number of nitrogen functional groups attached to an aromatic ring is 1. The molecule has 3 N–H and O–H groups in total. The molecular weight excluding hydrogens is 260 g/mol. The molecule has 8 nitrogen and oxygen atoms in total. The molecule has 0 spiro atoms. The highest BCUT2D eigenvalue weighted by Gasteiger charge is 2.17. The number of anilines is 2. The number of nitrogens with one attached hydrogen (secondary N) is 1. The van der Waals surface area contributed by atoms with Crippen molar-refractivity contribution < 1.29 is 9.42 Å². The van der Waals surface area contributed by atoms with E-state index in [1.165, 1.54) is 0 Å². The third kappa shape index (κ3) is 2.09. The van der Waals surface area contributed by atoms with E-state index in [2.05, 4.69) is 25.4 Å². The van der Waals surface area contributed by atoms with Crippen LogP contribution in [0.5, 0.6) is 0 Å². The van der Waals surface area contributed by atoms with E-state index in [0.29, 0.717) is 5.69 Å². The summed E-state index contributed by atoms with van der Waals surface area (Å²) in [4.78, 5) is 12.0. The first-order valence-electron chi connectivity index (χ1n) is 5.74. The zero-order chi connectivity index (χ0) is 13.9. The van der Waals surface area contributed by atoms with E-state index in [-0.39, 0.29) is 11.5 Å². The molecule has 0 saturated carbocycles. The molecule has 3 aromatic rings. The topological polar surface area (TPSA) is 112 Å². The number of aromatic nitrogens is 4. The van der Waals surface area contributed by atoms with Crippen LogP contribution in [0.15, 0.2) is 47.4 Å². The summed E-state index contributed by atoms with van der Waals surface area (Å²) in [6.07, 6.45) is 3.43. The molecule has 0 saturated heterocycles. The highest BCUT2D eigenvalue weighted by molar-refractivity contribution is 6.06. The Balaban J connectivity index is 1.92. The van der Waals surface area contributed by atoms with Crippen molar-refractivity contribution in [1.29, 1.82) is 0 Å². The van der Waals surface area contributed by atoms with Crippen molar-refractivity contribution in [2.45, 2.75) is 0 Å². The average molecular weight is 270 g/mol. The molecule has 1 amide bonds. The number of hydrogen-bond donors (Lipinski definition) is 2. The monoisotopic (exact) mass is 270 g/mol. The molecule has 0 atom stereocenters. The third-order valence-corrected chi connectivity index (χ3v) is 2.63. The molecule has 8 heteroatoms. The number of nitrogens with zero attached hydrogens (tertiary/aromatic N) is 4. The van der Waals surface area contributed by atoms with Gasteiger partial charge in [0.2, 0.25) is 11.5 Å². The molecule has 2 heterocycles. The Morgan fingerprint density at radius 3 is 2.80 bits per heavy atom. The van der Waals surface area contributed by atoms with Gasteiger partial charge >= 0.3 is 0 Å². The second-order valence-electron chi connectivity index (χ2n) is 3.92. The van der Waals surface area contributed by atoms with Gasteiger partial charge in [0.25, 0.3) is 5.91 Å². The fraction of sp³-hybridized carbons (Fsp3) is 0. The molecule has 0 fully saturated rings. The van der Waals surface area contributed by atoms with E-state index in [9.17, 15) is 4.79 Å². The second-order valence-corrected chi connectivity index (χ2v) is 3.92. The molecule has 0 aliphatic heterocycles. The lowest BCUT2D eigenvalue weighted by atomic mass is 10.2. The lowest BCUT2D eigenvalue weighted by Crippen LogP contribution is -2.15. The molecule has 0 radical (unpaired) electrons. The van der Waals surface area contributed by atoms with Crippen LogP contribution in [0.2, 0.25) is 0 Å². The Kier molecular flexibility index (Phi) is 2.88. The van der Waals surface area contributed by atoms with Crippen LogP contribution in [-0.2, 0) is 0 Å². The highest BCUT2D eigenvalue weighted by Crippen LogP contribution is 2.20. The minimum Gasteiger partial charge on any atom is -0.379 e. The first kappa shape index (κ1) is 11.9. The van der Waals surface area contributed by atoms with Gasteiger partial charge in [-0.3, -0.25) is 4.79 Å². The molecule has 2 aromatic heterocycles.